The van der Waals surface area contributed by atoms with Crippen LogP contribution in [0.4, 0.5) is 0 Å². The third kappa shape index (κ3) is 7.26. The van der Waals surface area contributed by atoms with E-state index in [2.05, 4.69) is 70.3 Å². The number of carbonyl (C=O) groups is 2. The molecule has 2 N–H and O–H groups in total. The molecule has 5 rings (SSSR count). The van der Waals surface area contributed by atoms with E-state index in [-0.39, 0.29) is 6.10 Å². The van der Waals surface area contributed by atoms with E-state index < -0.39 is 11.9 Å². The standard InChI is InChI=1S/C26H30N2O2.C4H4O4/c1-29-23-8-4-6-20(18-23)11-15-27-16-12-21(13-17-27)26-24-9-5-14-28(24)19-22-7-2-3-10-25(22)30-26;5-3(6)1-2-4(7)8/h2-10,14,18,21,26H,11-13,15-17,19H2,1H3;1-2H,(H,5,6)(H,7,8)/b;2-1+. The van der Waals surface area contributed by atoms with Gasteiger partial charge in [-0.15, -0.1) is 0 Å². The van der Waals surface area contributed by atoms with Crippen molar-refractivity contribution in [2.75, 3.05) is 26.7 Å². The van der Waals surface area contributed by atoms with E-state index >= 15 is 0 Å². The van der Waals surface area contributed by atoms with Gasteiger partial charge in [-0.2, -0.15) is 0 Å². The summed E-state index contributed by atoms with van der Waals surface area (Å²) < 4.78 is 14.3. The summed E-state index contributed by atoms with van der Waals surface area (Å²) in [6.07, 6.45) is 6.87. The van der Waals surface area contributed by atoms with Crippen LogP contribution >= 0.6 is 0 Å². The molecule has 3 heterocycles. The molecule has 1 saturated heterocycles. The molecule has 8 nitrogen and oxygen atoms in total. The van der Waals surface area contributed by atoms with Gasteiger partial charge in [0, 0.05) is 36.4 Å². The average molecular weight is 519 g/mol. The molecule has 1 unspecified atom stereocenters. The molecule has 0 amide bonds. The minimum absolute atomic E-state index is 0.143. The number of para-hydroxylation sites is 1. The van der Waals surface area contributed by atoms with Gasteiger partial charge in [0.15, 0.2) is 0 Å². The Labute approximate surface area is 222 Å². The predicted molar refractivity (Wildman–Crippen MR) is 144 cm³/mol. The summed E-state index contributed by atoms with van der Waals surface area (Å²) in [5.41, 5.74) is 3.94. The van der Waals surface area contributed by atoms with Crippen LogP contribution in [-0.2, 0) is 22.6 Å². The highest BCUT2D eigenvalue weighted by atomic mass is 16.5. The second kappa shape index (κ2) is 13.0. The molecule has 0 aliphatic carbocycles. The maximum Gasteiger partial charge on any atom is 0.328 e. The van der Waals surface area contributed by atoms with Crippen LogP contribution in [0.3, 0.4) is 0 Å². The third-order valence-electron chi connectivity index (χ3n) is 7.00. The van der Waals surface area contributed by atoms with E-state index in [0.29, 0.717) is 18.1 Å². The lowest BCUT2D eigenvalue weighted by molar-refractivity contribution is -0.134. The van der Waals surface area contributed by atoms with Gasteiger partial charge in [0.1, 0.15) is 17.6 Å². The lowest BCUT2D eigenvalue weighted by Crippen LogP contribution is -2.38. The summed E-state index contributed by atoms with van der Waals surface area (Å²) in [5.74, 6) is 0.0318. The highest BCUT2D eigenvalue weighted by molar-refractivity contribution is 5.89. The lowest BCUT2D eigenvalue weighted by Gasteiger charge is -2.36. The van der Waals surface area contributed by atoms with Crippen molar-refractivity contribution in [3.8, 4) is 11.5 Å². The first-order valence-corrected chi connectivity index (χ1v) is 12.8. The van der Waals surface area contributed by atoms with Crippen molar-refractivity contribution < 1.29 is 29.3 Å². The number of hydrogen-bond acceptors (Lipinski definition) is 5. The number of rotatable bonds is 7. The van der Waals surface area contributed by atoms with E-state index in [1.807, 2.05) is 6.07 Å². The fourth-order valence-corrected chi connectivity index (χ4v) is 5.03. The molecule has 2 aliphatic rings. The number of methoxy groups -OCH3 is 1. The van der Waals surface area contributed by atoms with Gasteiger partial charge in [0.25, 0.3) is 0 Å². The molecule has 1 aromatic heterocycles. The normalized spacial score (nSPS) is 17.3. The third-order valence-corrected chi connectivity index (χ3v) is 7.00. The molecule has 1 fully saturated rings. The van der Waals surface area contributed by atoms with Gasteiger partial charge in [-0.05, 0) is 68.2 Å². The Morgan fingerprint density at radius 2 is 1.74 bits per heavy atom. The van der Waals surface area contributed by atoms with Crippen LogP contribution in [0.25, 0.3) is 0 Å². The van der Waals surface area contributed by atoms with Gasteiger partial charge in [-0.3, -0.25) is 0 Å². The number of ether oxygens (including phenoxy) is 2. The first-order valence-electron chi connectivity index (χ1n) is 12.8. The molecule has 0 bridgehead atoms. The Balaban J connectivity index is 0.000000368. The van der Waals surface area contributed by atoms with Crippen molar-refractivity contribution in [2.24, 2.45) is 5.92 Å². The number of hydrogen-bond donors (Lipinski definition) is 2. The van der Waals surface area contributed by atoms with Crippen LogP contribution < -0.4 is 9.47 Å². The van der Waals surface area contributed by atoms with E-state index in [9.17, 15) is 9.59 Å². The van der Waals surface area contributed by atoms with Gasteiger partial charge >= 0.3 is 11.9 Å². The van der Waals surface area contributed by atoms with Crippen molar-refractivity contribution >= 4 is 11.9 Å². The van der Waals surface area contributed by atoms with Crippen LogP contribution in [-0.4, -0.2) is 58.4 Å². The fourth-order valence-electron chi connectivity index (χ4n) is 5.03. The number of aromatic nitrogens is 1. The summed E-state index contributed by atoms with van der Waals surface area (Å²) >= 11 is 0. The maximum atomic E-state index is 9.55. The van der Waals surface area contributed by atoms with E-state index in [4.69, 9.17) is 19.7 Å². The van der Waals surface area contributed by atoms with E-state index in [1.54, 1.807) is 7.11 Å². The first-order chi connectivity index (χ1) is 18.4. The minimum Gasteiger partial charge on any atom is -0.497 e. The molecule has 200 valence electrons. The van der Waals surface area contributed by atoms with Crippen molar-refractivity contribution in [2.45, 2.75) is 31.9 Å². The number of fused-ring (bicyclic) bond motifs is 2. The molecule has 0 spiro atoms. The zero-order valence-electron chi connectivity index (χ0n) is 21.5. The van der Waals surface area contributed by atoms with Gasteiger partial charge in [0.05, 0.1) is 19.3 Å². The zero-order chi connectivity index (χ0) is 26.9. The largest absolute Gasteiger partial charge is 0.497 e. The Bertz CT molecular complexity index is 1240. The number of benzene rings is 2. The van der Waals surface area contributed by atoms with Crippen molar-refractivity contribution in [3.05, 3.63) is 95.8 Å². The van der Waals surface area contributed by atoms with Gasteiger partial charge in [-0.1, -0.05) is 30.3 Å². The molecule has 2 aliphatic heterocycles. The van der Waals surface area contributed by atoms with Crippen LogP contribution in [0, 0.1) is 5.92 Å². The SMILES string of the molecule is COc1cccc(CCN2CCC(C3Oc4ccccc4Cn4cccc43)CC2)c1.O=C(O)/C=C/C(=O)O. The molecule has 8 heteroatoms. The van der Waals surface area contributed by atoms with Crippen molar-refractivity contribution in [3.63, 3.8) is 0 Å². The maximum absolute atomic E-state index is 9.55. The Hall–Kier alpha value is -4.04. The smallest absolute Gasteiger partial charge is 0.328 e. The Morgan fingerprint density at radius 1 is 1.00 bits per heavy atom. The summed E-state index contributed by atoms with van der Waals surface area (Å²) in [5, 5.41) is 15.6. The minimum atomic E-state index is -1.26. The lowest BCUT2D eigenvalue weighted by atomic mass is 9.89. The summed E-state index contributed by atoms with van der Waals surface area (Å²) in [7, 11) is 1.73. The molecule has 0 radical (unpaired) electrons. The van der Waals surface area contributed by atoms with E-state index in [0.717, 1.165) is 44.1 Å². The molecule has 2 aromatic carbocycles. The van der Waals surface area contributed by atoms with E-state index in [1.165, 1.54) is 29.7 Å². The molecule has 38 heavy (non-hydrogen) atoms. The highest BCUT2D eigenvalue weighted by Crippen LogP contribution is 2.39. The number of nitrogens with zero attached hydrogens (tertiary/aromatic N) is 2. The van der Waals surface area contributed by atoms with Crippen molar-refractivity contribution in [1.82, 2.24) is 9.47 Å². The van der Waals surface area contributed by atoms with Gasteiger partial charge < -0.3 is 29.2 Å². The number of piperidine rings is 1. The van der Waals surface area contributed by atoms with Crippen LogP contribution in [0.2, 0.25) is 0 Å². The Morgan fingerprint density at radius 3 is 2.45 bits per heavy atom. The number of aliphatic carboxylic acids is 2. The summed E-state index contributed by atoms with van der Waals surface area (Å²) in [6.45, 7) is 4.27. The number of carboxylic acid groups (broad SMARTS) is 2. The summed E-state index contributed by atoms with van der Waals surface area (Å²) in [6, 6.07) is 21.3. The van der Waals surface area contributed by atoms with Gasteiger partial charge in [0.2, 0.25) is 0 Å². The first kappa shape index (κ1) is 27.0. The van der Waals surface area contributed by atoms with Crippen LogP contribution in [0.1, 0.15) is 35.8 Å². The highest BCUT2D eigenvalue weighted by Gasteiger charge is 2.33. The summed E-state index contributed by atoms with van der Waals surface area (Å²) in [4.78, 5) is 21.7. The van der Waals surface area contributed by atoms with Crippen molar-refractivity contribution in [1.29, 1.82) is 0 Å². The zero-order valence-corrected chi connectivity index (χ0v) is 21.5. The average Bonchev–Trinajstić information content (AvgIpc) is 3.32. The van der Waals surface area contributed by atoms with Crippen LogP contribution in [0.15, 0.2) is 79.0 Å². The second-order valence-electron chi connectivity index (χ2n) is 9.50. The molecule has 3 aromatic rings. The Kier molecular flexibility index (Phi) is 9.21. The number of carboxylic acids is 2. The quantitative estimate of drug-likeness (QED) is 0.439. The second-order valence-corrected chi connectivity index (χ2v) is 9.50. The molecular weight excluding hydrogens is 484 g/mol. The fraction of sp³-hybridized carbons (Fsp3) is 0.333. The molecule has 1 atom stereocenters. The van der Waals surface area contributed by atoms with Gasteiger partial charge in [-0.25, -0.2) is 9.59 Å². The molecular formula is C30H34N2O6. The monoisotopic (exact) mass is 518 g/mol. The van der Waals surface area contributed by atoms with Crippen LogP contribution in [0.5, 0.6) is 11.5 Å². The number of likely N-dealkylation sites (tertiary alicyclic amines) is 1. The topological polar surface area (TPSA) is 101 Å². The predicted octanol–water partition coefficient (Wildman–Crippen LogP) is 4.65. The molecule has 0 saturated carbocycles.